The highest BCUT2D eigenvalue weighted by Gasteiger charge is 2.24. The predicted octanol–water partition coefficient (Wildman–Crippen LogP) is 4.51. The molecule has 0 aliphatic heterocycles. The van der Waals surface area contributed by atoms with E-state index < -0.39 is 90.9 Å². The number of nitrogens with zero attached hydrogens (tertiary/aromatic N) is 4. The molecule has 0 bridgehead atoms. The van der Waals surface area contributed by atoms with Crippen molar-refractivity contribution in [1.82, 2.24) is 0 Å². The van der Waals surface area contributed by atoms with Crippen LogP contribution >= 0.6 is 0 Å². The largest absolute Gasteiger partial charge is 0.505 e. The Labute approximate surface area is 251 Å². The van der Waals surface area contributed by atoms with Crippen LogP contribution in [0.3, 0.4) is 0 Å². The Morgan fingerprint density at radius 3 is 1.73 bits per heavy atom. The van der Waals surface area contributed by atoms with Gasteiger partial charge in [-0.2, -0.15) is 30.4 Å². The molecule has 0 saturated carbocycles. The quantitative estimate of drug-likeness (QED) is 0.105. The molecular weight excluding hydrogens is 664 g/mol. The van der Waals surface area contributed by atoms with Gasteiger partial charge in [0.25, 0.3) is 30.4 Å². The summed E-state index contributed by atoms with van der Waals surface area (Å²) in [7, 11) is -14.6. The van der Waals surface area contributed by atoms with Crippen LogP contribution in [0.5, 0.6) is 5.75 Å². The summed E-state index contributed by atoms with van der Waals surface area (Å²) in [6, 6.07) is 8.83. The van der Waals surface area contributed by atoms with Gasteiger partial charge in [0, 0.05) is 5.39 Å². The second kappa shape index (κ2) is 11.7. The minimum Gasteiger partial charge on any atom is -0.505 e. The smallest absolute Gasteiger partial charge is 0.338 e. The second-order valence-electron chi connectivity index (χ2n) is 8.77. The zero-order valence-electron chi connectivity index (χ0n) is 21.7. The first-order chi connectivity index (χ1) is 20.8. The number of hydrogen-bond acceptors (Lipinski definition) is 13. The molecule has 4 aromatic rings. The van der Waals surface area contributed by atoms with Crippen molar-refractivity contribution in [2.75, 3.05) is 0 Å². The van der Waals surface area contributed by atoms with Gasteiger partial charge in [0.05, 0.1) is 26.6 Å². The molecule has 0 saturated heterocycles. The molecule has 6 N–H and O–H groups in total. The third-order valence-electron chi connectivity index (χ3n) is 5.84. The SMILES string of the molecule is O=C(O)c1ccc(S(=O)(=O)O)cc1N=Nc1ccc(N=Nc2c(S(=O)(=O)O)cc3cc(S(=O)(=O)O)ccc3c2O)c(C(=O)O)c1. The third-order valence-corrected chi connectivity index (χ3v) is 8.40. The van der Waals surface area contributed by atoms with E-state index in [9.17, 15) is 63.8 Å². The summed E-state index contributed by atoms with van der Waals surface area (Å²) >= 11 is 0. The molecule has 0 unspecified atom stereocenters. The van der Waals surface area contributed by atoms with Crippen molar-refractivity contribution in [1.29, 1.82) is 0 Å². The van der Waals surface area contributed by atoms with Crippen molar-refractivity contribution in [3.8, 4) is 5.75 Å². The van der Waals surface area contributed by atoms with E-state index in [-0.39, 0.29) is 16.5 Å². The Morgan fingerprint density at radius 1 is 0.578 bits per heavy atom. The van der Waals surface area contributed by atoms with Gasteiger partial charge in [-0.1, -0.05) is 0 Å². The highest BCUT2D eigenvalue weighted by atomic mass is 32.2. The summed E-state index contributed by atoms with van der Waals surface area (Å²) in [5.41, 5.74) is -3.15. The summed E-state index contributed by atoms with van der Waals surface area (Å²) in [5.74, 6) is -4.04. The van der Waals surface area contributed by atoms with E-state index in [1.165, 1.54) is 0 Å². The number of carbonyl (C=O) groups is 2. The average molecular weight is 681 g/mol. The summed E-state index contributed by atoms with van der Waals surface area (Å²) in [5, 5.41) is 43.9. The maximum absolute atomic E-state index is 12.1. The molecule has 0 aromatic heterocycles. The molecule has 21 heteroatoms. The Bertz CT molecular complexity index is 2320. The molecule has 0 heterocycles. The molecule has 0 fully saturated rings. The normalized spacial score (nSPS) is 12.7. The number of aromatic carboxylic acids is 2. The number of carboxylic acid groups (broad SMARTS) is 2. The number of rotatable bonds is 9. The van der Waals surface area contributed by atoms with Crippen LogP contribution < -0.4 is 0 Å². The molecule has 0 atom stereocenters. The molecular formula is C24H16N4O14S3. The van der Waals surface area contributed by atoms with E-state index in [0.717, 1.165) is 60.7 Å². The van der Waals surface area contributed by atoms with Crippen LogP contribution in [-0.2, 0) is 30.4 Å². The topological polar surface area (TPSA) is 307 Å². The molecule has 234 valence electrons. The minimum absolute atomic E-state index is 0.184. The van der Waals surface area contributed by atoms with Crippen LogP contribution in [0.1, 0.15) is 20.7 Å². The number of hydrogen-bond donors (Lipinski definition) is 6. The number of fused-ring (bicyclic) bond motifs is 1. The number of phenolic OH excluding ortho intramolecular Hbond substituents is 1. The lowest BCUT2D eigenvalue weighted by atomic mass is 10.1. The van der Waals surface area contributed by atoms with Gasteiger partial charge >= 0.3 is 11.9 Å². The molecule has 4 rings (SSSR count). The van der Waals surface area contributed by atoms with E-state index in [4.69, 9.17) is 0 Å². The highest BCUT2D eigenvalue weighted by Crippen LogP contribution is 2.42. The van der Waals surface area contributed by atoms with Crippen LogP contribution in [0.4, 0.5) is 22.7 Å². The van der Waals surface area contributed by atoms with Crippen molar-refractivity contribution in [2.24, 2.45) is 20.5 Å². The summed E-state index contributed by atoms with van der Waals surface area (Å²) in [4.78, 5) is 21.0. The molecule has 45 heavy (non-hydrogen) atoms. The van der Waals surface area contributed by atoms with Gasteiger partial charge in [-0.15, -0.1) is 15.3 Å². The maximum atomic E-state index is 12.1. The first-order valence-electron chi connectivity index (χ1n) is 11.6. The number of aromatic hydroxyl groups is 1. The second-order valence-corrected chi connectivity index (χ2v) is 13.0. The Kier molecular flexibility index (Phi) is 8.52. The fraction of sp³-hybridized carbons (Fsp3) is 0. The Balaban J connectivity index is 1.80. The first-order valence-corrected chi connectivity index (χ1v) is 15.9. The van der Waals surface area contributed by atoms with Crippen molar-refractivity contribution in [3.63, 3.8) is 0 Å². The Morgan fingerprint density at radius 2 is 1.16 bits per heavy atom. The number of carboxylic acids is 2. The van der Waals surface area contributed by atoms with E-state index in [0.29, 0.717) is 0 Å². The van der Waals surface area contributed by atoms with Gasteiger partial charge < -0.3 is 15.3 Å². The van der Waals surface area contributed by atoms with Crippen molar-refractivity contribution in [2.45, 2.75) is 14.7 Å². The zero-order valence-corrected chi connectivity index (χ0v) is 24.2. The van der Waals surface area contributed by atoms with Gasteiger partial charge in [-0.25, -0.2) is 9.59 Å². The fourth-order valence-electron chi connectivity index (χ4n) is 3.78. The lowest BCUT2D eigenvalue weighted by Crippen LogP contribution is -2.01. The molecule has 0 radical (unpaired) electrons. The van der Waals surface area contributed by atoms with Crippen LogP contribution in [0, 0.1) is 0 Å². The molecule has 0 aliphatic rings. The third kappa shape index (κ3) is 7.14. The molecule has 4 aromatic carbocycles. The molecule has 0 amide bonds. The summed E-state index contributed by atoms with van der Waals surface area (Å²) in [6.45, 7) is 0. The minimum atomic E-state index is -5.15. The van der Waals surface area contributed by atoms with E-state index in [1.54, 1.807) is 0 Å². The number of azo groups is 2. The van der Waals surface area contributed by atoms with Gasteiger partial charge in [0.15, 0.2) is 5.75 Å². The molecule has 0 aliphatic carbocycles. The lowest BCUT2D eigenvalue weighted by Gasteiger charge is -2.10. The molecule has 0 spiro atoms. The monoisotopic (exact) mass is 680 g/mol. The molecule has 18 nitrogen and oxygen atoms in total. The number of phenols is 1. The van der Waals surface area contributed by atoms with Crippen molar-refractivity contribution >= 4 is 75.8 Å². The lowest BCUT2D eigenvalue weighted by molar-refractivity contribution is 0.0687. The predicted molar refractivity (Wildman–Crippen MR) is 150 cm³/mol. The van der Waals surface area contributed by atoms with E-state index in [1.807, 2.05) is 0 Å². The fourth-order valence-corrected chi connectivity index (χ4v) is 5.45. The zero-order chi connectivity index (χ0) is 33.5. The van der Waals surface area contributed by atoms with E-state index >= 15 is 0 Å². The summed E-state index contributed by atoms with van der Waals surface area (Å²) in [6.07, 6.45) is 0. The van der Waals surface area contributed by atoms with Crippen molar-refractivity contribution in [3.05, 3.63) is 71.8 Å². The van der Waals surface area contributed by atoms with Crippen molar-refractivity contribution < 1.29 is 63.8 Å². The first kappa shape index (κ1) is 32.7. The van der Waals surface area contributed by atoms with Crippen LogP contribution in [-0.4, -0.2) is 66.2 Å². The van der Waals surface area contributed by atoms with Gasteiger partial charge in [-0.3, -0.25) is 13.7 Å². The van der Waals surface area contributed by atoms with Gasteiger partial charge in [0.2, 0.25) is 0 Å². The van der Waals surface area contributed by atoms with Crippen LogP contribution in [0.2, 0.25) is 0 Å². The van der Waals surface area contributed by atoms with Crippen LogP contribution in [0.15, 0.2) is 95.8 Å². The average Bonchev–Trinajstić information content (AvgIpc) is 2.93. The van der Waals surface area contributed by atoms with E-state index in [2.05, 4.69) is 20.5 Å². The maximum Gasteiger partial charge on any atom is 0.338 e. The standard InChI is InChI=1S/C24H16N4O14S3/c29-22-15-4-2-13(43(34,35)36)7-11(15)8-20(45(40,41)42)21(22)28-26-18-6-1-12(9-17(18)24(32)33)25-27-19-10-14(44(37,38)39)3-5-16(19)23(30)31/h1-10,29H,(H,30,31)(H,32,33)(H,34,35,36)(H,37,38,39)(H,40,41,42). The van der Waals surface area contributed by atoms with Crippen LogP contribution in [0.25, 0.3) is 10.8 Å². The highest BCUT2D eigenvalue weighted by molar-refractivity contribution is 7.86. The number of benzene rings is 4. The Hall–Kier alpha value is -5.19. The van der Waals surface area contributed by atoms with Gasteiger partial charge in [-0.05, 0) is 66.0 Å². The van der Waals surface area contributed by atoms with Gasteiger partial charge in [0.1, 0.15) is 22.0 Å². The summed E-state index contributed by atoms with van der Waals surface area (Å²) < 4.78 is 98.1.